The van der Waals surface area contributed by atoms with Crippen LogP contribution in [0.25, 0.3) is 0 Å². The number of nitrogens with one attached hydrogen (secondary N) is 1. The summed E-state index contributed by atoms with van der Waals surface area (Å²) in [6.07, 6.45) is 0. The van der Waals surface area contributed by atoms with Crippen molar-refractivity contribution in [2.45, 2.75) is 6.04 Å². The molecule has 0 spiro atoms. The predicted octanol–water partition coefficient (Wildman–Crippen LogP) is -0.392. The molecule has 0 radical (unpaired) electrons. The van der Waals surface area contributed by atoms with Gasteiger partial charge in [0.15, 0.2) is 0 Å². The number of hydrogen-bond donors (Lipinski definition) is 2. The van der Waals surface area contributed by atoms with Gasteiger partial charge in [-0.3, -0.25) is 0 Å². The van der Waals surface area contributed by atoms with Crippen molar-refractivity contribution in [3.05, 3.63) is 0 Å². The molecule has 3 N–H and O–H groups in total. The number of nitrogens with two attached hydrogens (primary N) is 1. The van der Waals surface area contributed by atoms with Gasteiger partial charge in [0, 0.05) is 24.2 Å². The Morgan fingerprint density at radius 3 is 3.00 bits per heavy atom. The van der Waals surface area contributed by atoms with Gasteiger partial charge in [-0.05, 0) is 0 Å². The Labute approximate surface area is 47.8 Å². The van der Waals surface area contributed by atoms with E-state index in [2.05, 4.69) is 5.32 Å². The van der Waals surface area contributed by atoms with E-state index in [0.717, 1.165) is 12.4 Å². The summed E-state index contributed by atoms with van der Waals surface area (Å²) in [5.74, 6) is 2.28. The summed E-state index contributed by atoms with van der Waals surface area (Å²) in [5, 5.41) is 3.24. The highest BCUT2D eigenvalue weighted by atomic mass is 32.2. The van der Waals surface area contributed by atoms with Crippen LogP contribution in [0.5, 0.6) is 0 Å². The van der Waals surface area contributed by atoms with E-state index in [-0.39, 0.29) is 0 Å². The van der Waals surface area contributed by atoms with Crippen molar-refractivity contribution in [1.29, 1.82) is 0 Å². The van der Waals surface area contributed by atoms with Crippen molar-refractivity contribution in [2.75, 3.05) is 18.2 Å². The molecule has 0 aromatic heterocycles. The molecule has 3 heteroatoms. The SMILES string of the molecule is NC[C@@H]1CSCN1. The average molecular weight is 118 g/mol. The molecular weight excluding hydrogens is 108 g/mol. The van der Waals surface area contributed by atoms with Gasteiger partial charge in [-0.25, -0.2) is 0 Å². The van der Waals surface area contributed by atoms with Crippen LogP contribution in [0.4, 0.5) is 0 Å². The first-order chi connectivity index (χ1) is 3.43. The summed E-state index contributed by atoms with van der Waals surface area (Å²) in [5.41, 5.74) is 5.36. The van der Waals surface area contributed by atoms with Gasteiger partial charge in [-0.1, -0.05) is 0 Å². The summed E-state index contributed by atoms with van der Waals surface area (Å²) in [6, 6.07) is 0.588. The standard InChI is InChI=1S/C4H10N2S/c5-1-4-2-7-3-6-4/h4,6H,1-3,5H2/t4-/m1/s1. The summed E-state index contributed by atoms with van der Waals surface area (Å²) in [4.78, 5) is 0. The van der Waals surface area contributed by atoms with E-state index in [1.807, 2.05) is 11.8 Å². The third-order valence-electron chi connectivity index (χ3n) is 1.08. The molecule has 1 rings (SSSR count). The molecule has 7 heavy (non-hydrogen) atoms. The minimum atomic E-state index is 0.588. The fourth-order valence-electron chi connectivity index (χ4n) is 0.588. The van der Waals surface area contributed by atoms with Gasteiger partial charge in [0.1, 0.15) is 0 Å². The van der Waals surface area contributed by atoms with Gasteiger partial charge in [-0.15, -0.1) is 11.8 Å². The lowest BCUT2D eigenvalue weighted by Gasteiger charge is -2.01. The summed E-state index contributed by atoms with van der Waals surface area (Å²) in [6.45, 7) is 0.785. The van der Waals surface area contributed by atoms with Crippen molar-refractivity contribution in [2.24, 2.45) is 5.73 Å². The van der Waals surface area contributed by atoms with Gasteiger partial charge >= 0.3 is 0 Å². The van der Waals surface area contributed by atoms with E-state index in [1.165, 1.54) is 5.75 Å². The Morgan fingerprint density at radius 2 is 2.71 bits per heavy atom. The fraction of sp³-hybridized carbons (Fsp3) is 1.00. The maximum absolute atomic E-state index is 5.36. The third-order valence-corrected chi connectivity index (χ3v) is 2.09. The zero-order valence-electron chi connectivity index (χ0n) is 4.18. The van der Waals surface area contributed by atoms with E-state index in [1.54, 1.807) is 0 Å². The molecule has 0 bridgehead atoms. The highest BCUT2D eigenvalue weighted by molar-refractivity contribution is 7.99. The van der Waals surface area contributed by atoms with Crippen LogP contribution >= 0.6 is 11.8 Å². The zero-order chi connectivity index (χ0) is 5.11. The molecule has 1 heterocycles. The smallest absolute Gasteiger partial charge is 0.0421 e. The third kappa shape index (κ3) is 1.33. The lowest BCUT2D eigenvalue weighted by Crippen LogP contribution is -2.31. The van der Waals surface area contributed by atoms with Gasteiger partial charge < -0.3 is 11.1 Å². The summed E-state index contributed by atoms with van der Waals surface area (Å²) in [7, 11) is 0. The molecule has 0 aromatic rings. The van der Waals surface area contributed by atoms with Gasteiger partial charge in [-0.2, -0.15) is 0 Å². The maximum atomic E-state index is 5.36. The summed E-state index contributed by atoms with van der Waals surface area (Å²) >= 11 is 1.92. The van der Waals surface area contributed by atoms with Gasteiger partial charge in [0.2, 0.25) is 0 Å². The molecule has 0 unspecified atom stereocenters. The molecule has 1 aliphatic rings. The molecule has 1 fully saturated rings. The topological polar surface area (TPSA) is 38.0 Å². The Hall–Kier alpha value is 0.270. The van der Waals surface area contributed by atoms with E-state index in [4.69, 9.17) is 5.73 Å². The molecule has 1 saturated heterocycles. The highest BCUT2D eigenvalue weighted by Gasteiger charge is 2.10. The first kappa shape index (κ1) is 5.41. The second-order valence-electron chi connectivity index (χ2n) is 1.65. The molecule has 0 amide bonds. The fourth-order valence-corrected chi connectivity index (χ4v) is 1.60. The Bertz CT molecular complexity index is 51.7. The number of thioether (sulfide) groups is 1. The zero-order valence-corrected chi connectivity index (χ0v) is 5.00. The quantitative estimate of drug-likeness (QED) is 0.492. The number of hydrogen-bond acceptors (Lipinski definition) is 3. The Morgan fingerprint density at radius 1 is 1.86 bits per heavy atom. The van der Waals surface area contributed by atoms with Crippen LogP contribution in [0, 0.1) is 0 Å². The largest absolute Gasteiger partial charge is 0.329 e. The minimum Gasteiger partial charge on any atom is -0.329 e. The molecule has 2 nitrogen and oxygen atoms in total. The molecule has 0 saturated carbocycles. The van der Waals surface area contributed by atoms with E-state index in [9.17, 15) is 0 Å². The van der Waals surface area contributed by atoms with Crippen LogP contribution in [-0.4, -0.2) is 24.2 Å². The van der Waals surface area contributed by atoms with Crippen molar-refractivity contribution >= 4 is 11.8 Å². The lowest BCUT2D eigenvalue weighted by molar-refractivity contribution is 0.643. The maximum Gasteiger partial charge on any atom is 0.0421 e. The molecule has 0 aromatic carbocycles. The Kier molecular flexibility index (Phi) is 1.97. The monoisotopic (exact) mass is 118 g/mol. The van der Waals surface area contributed by atoms with Crippen LogP contribution in [0.15, 0.2) is 0 Å². The van der Waals surface area contributed by atoms with E-state index in [0.29, 0.717) is 6.04 Å². The normalized spacial score (nSPS) is 31.3. The Balaban J connectivity index is 2.14. The van der Waals surface area contributed by atoms with Crippen LogP contribution < -0.4 is 11.1 Å². The predicted molar refractivity (Wildman–Crippen MR) is 33.3 cm³/mol. The van der Waals surface area contributed by atoms with Crippen LogP contribution in [0.2, 0.25) is 0 Å². The lowest BCUT2D eigenvalue weighted by atomic mass is 10.4. The highest BCUT2D eigenvalue weighted by Crippen LogP contribution is 2.07. The molecule has 0 aliphatic carbocycles. The molecule has 1 atom stereocenters. The van der Waals surface area contributed by atoms with Crippen molar-refractivity contribution in [1.82, 2.24) is 5.32 Å². The average Bonchev–Trinajstić information content (AvgIpc) is 2.14. The second-order valence-corrected chi connectivity index (χ2v) is 2.68. The van der Waals surface area contributed by atoms with Crippen molar-refractivity contribution in [3.63, 3.8) is 0 Å². The van der Waals surface area contributed by atoms with Crippen molar-refractivity contribution < 1.29 is 0 Å². The van der Waals surface area contributed by atoms with Crippen LogP contribution in [0.1, 0.15) is 0 Å². The van der Waals surface area contributed by atoms with E-state index < -0.39 is 0 Å². The molecular formula is C4H10N2S. The van der Waals surface area contributed by atoms with Crippen LogP contribution in [-0.2, 0) is 0 Å². The minimum absolute atomic E-state index is 0.588. The summed E-state index contributed by atoms with van der Waals surface area (Å²) < 4.78 is 0. The van der Waals surface area contributed by atoms with Crippen molar-refractivity contribution in [3.8, 4) is 0 Å². The first-order valence-corrected chi connectivity index (χ1v) is 3.60. The first-order valence-electron chi connectivity index (χ1n) is 2.44. The van der Waals surface area contributed by atoms with E-state index >= 15 is 0 Å². The molecule has 1 aliphatic heterocycles. The number of rotatable bonds is 1. The van der Waals surface area contributed by atoms with Gasteiger partial charge in [0.25, 0.3) is 0 Å². The van der Waals surface area contributed by atoms with Gasteiger partial charge in [0.05, 0.1) is 0 Å². The molecule has 42 valence electrons. The second kappa shape index (κ2) is 2.55. The van der Waals surface area contributed by atoms with Crippen LogP contribution in [0.3, 0.4) is 0 Å².